The molecule has 10 heteroatoms. The first-order chi connectivity index (χ1) is 15.7. The number of nitrogens with one attached hydrogen (secondary N) is 1. The van der Waals surface area contributed by atoms with Crippen LogP contribution in [0, 0.1) is 5.82 Å². The Bertz CT molecular complexity index is 1240. The molecule has 1 aliphatic carbocycles. The van der Waals surface area contributed by atoms with Crippen LogP contribution in [0.1, 0.15) is 40.5 Å². The van der Waals surface area contributed by atoms with E-state index >= 15 is 4.39 Å². The number of aromatic nitrogens is 2. The van der Waals surface area contributed by atoms with E-state index in [9.17, 15) is 9.18 Å². The highest BCUT2D eigenvalue weighted by molar-refractivity contribution is 9.10. The number of rotatable bonds is 6. The third-order valence-electron chi connectivity index (χ3n) is 5.39. The maximum absolute atomic E-state index is 15.5. The van der Waals surface area contributed by atoms with Gasteiger partial charge in [0.1, 0.15) is 5.56 Å². The molecule has 1 unspecified atom stereocenters. The summed E-state index contributed by atoms with van der Waals surface area (Å²) in [6.45, 7) is 0.978. The van der Waals surface area contributed by atoms with Crippen LogP contribution in [0.15, 0.2) is 40.9 Å². The van der Waals surface area contributed by atoms with Gasteiger partial charge in [-0.2, -0.15) is 5.10 Å². The van der Waals surface area contributed by atoms with Gasteiger partial charge in [0.05, 0.1) is 17.3 Å². The molecular formula is C23H18BrCl2F2N3O2. The fourth-order valence-electron chi connectivity index (χ4n) is 3.71. The monoisotopic (exact) mass is 555 g/mol. The van der Waals surface area contributed by atoms with E-state index in [1.807, 2.05) is 0 Å². The zero-order chi connectivity index (χ0) is 23.8. The molecule has 0 spiro atoms. The summed E-state index contributed by atoms with van der Waals surface area (Å²) in [5.74, 6) is -1.75. The molecule has 5 nitrogen and oxygen atoms in total. The van der Waals surface area contributed by atoms with Gasteiger partial charge in [0.2, 0.25) is 0 Å². The molecule has 1 atom stereocenters. The van der Waals surface area contributed by atoms with Gasteiger partial charge in [-0.15, -0.1) is 5.10 Å². The van der Waals surface area contributed by atoms with Crippen molar-refractivity contribution in [2.45, 2.75) is 31.9 Å². The molecule has 0 saturated heterocycles. The first-order valence-corrected chi connectivity index (χ1v) is 11.6. The number of halogens is 5. The lowest BCUT2D eigenvalue weighted by Gasteiger charge is -2.23. The molecule has 0 aliphatic heterocycles. The lowest BCUT2D eigenvalue weighted by molar-refractivity contribution is 0.0906. The highest BCUT2D eigenvalue weighted by Gasteiger charge is 2.32. The number of nitrogens with zero attached hydrogens (tertiary/aromatic N) is 2. The summed E-state index contributed by atoms with van der Waals surface area (Å²) in [5.41, 5.74) is -0.282. The van der Waals surface area contributed by atoms with E-state index in [-0.39, 0.29) is 39.3 Å². The maximum Gasteiger partial charge on any atom is 0.257 e. The van der Waals surface area contributed by atoms with Crippen LogP contribution in [0.4, 0.5) is 8.78 Å². The van der Waals surface area contributed by atoms with Gasteiger partial charge in [-0.05, 0) is 56.0 Å². The van der Waals surface area contributed by atoms with E-state index in [0.29, 0.717) is 28.6 Å². The fraction of sp³-hybridized carbons (Fsp3) is 0.261. The number of fused-ring (bicyclic) bond motifs is 1. The molecule has 4 rings (SSSR count). The van der Waals surface area contributed by atoms with Crippen molar-refractivity contribution in [1.29, 1.82) is 0 Å². The van der Waals surface area contributed by atoms with Crippen molar-refractivity contribution in [3.05, 3.63) is 79.1 Å². The highest BCUT2D eigenvalue weighted by atomic mass is 79.9. The Hall–Kier alpha value is -2.29. The van der Waals surface area contributed by atoms with E-state index < -0.39 is 17.4 Å². The lowest BCUT2D eigenvalue weighted by Crippen LogP contribution is -2.36. The molecule has 33 heavy (non-hydrogen) atoms. The molecule has 0 bridgehead atoms. The Morgan fingerprint density at radius 1 is 1.21 bits per heavy atom. The van der Waals surface area contributed by atoms with E-state index in [0.717, 1.165) is 6.42 Å². The quantitative estimate of drug-likeness (QED) is 0.372. The van der Waals surface area contributed by atoms with E-state index in [2.05, 4.69) is 31.4 Å². The molecule has 1 N–H and O–H groups in total. The number of benzene rings is 2. The van der Waals surface area contributed by atoms with Crippen molar-refractivity contribution in [2.24, 2.45) is 0 Å². The van der Waals surface area contributed by atoms with Crippen molar-refractivity contribution in [2.75, 3.05) is 6.54 Å². The number of alkyl halides is 1. The van der Waals surface area contributed by atoms with Crippen molar-refractivity contribution < 1.29 is 18.3 Å². The molecule has 2 aromatic carbocycles. The molecule has 0 radical (unpaired) electrons. The summed E-state index contributed by atoms with van der Waals surface area (Å²) in [6, 6.07) is 9.07. The highest BCUT2D eigenvalue weighted by Crippen LogP contribution is 2.35. The van der Waals surface area contributed by atoms with Crippen LogP contribution < -0.4 is 10.1 Å². The molecule has 0 fully saturated rings. The van der Waals surface area contributed by atoms with Gasteiger partial charge in [-0.3, -0.25) is 4.79 Å². The minimum absolute atomic E-state index is 0.106. The topological polar surface area (TPSA) is 64.1 Å². The lowest BCUT2D eigenvalue weighted by atomic mass is 9.97. The minimum atomic E-state index is -1.95. The minimum Gasteiger partial charge on any atom is -0.434 e. The number of amides is 1. The Morgan fingerprint density at radius 3 is 2.76 bits per heavy atom. The van der Waals surface area contributed by atoms with E-state index in [1.54, 1.807) is 18.2 Å². The van der Waals surface area contributed by atoms with Crippen molar-refractivity contribution in [3.8, 4) is 11.6 Å². The molecule has 1 amide bonds. The average Bonchev–Trinajstić information content (AvgIpc) is 3.23. The molecule has 1 aliphatic rings. The molecule has 0 saturated carbocycles. The Morgan fingerprint density at radius 2 is 2.00 bits per heavy atom. The second kappa shape index (κ2) is 9.52. The number of hydrogen-bond acceptors (Lipinski definition) is 4. The zero-order valence-electron chi connectivity index (χ0n) is 17.4. The predicted octanol–water partition coefficient (Wildman–Crippen LogP) is 6.58. The number of carbonyl (C=O) groups is 1. The van der Waals surface area contributed by atoms with Gasteiger partial charge in [0.25, 0.3) is 11.8 Å². The average molecular weight is 557 g/mol. The van der Waals surface area contributed by atoms with E-state index in [1.165, 1.54) is 25.1 Å². The third-order valence-corrected chi connectivity index (χ3v) is 6.49. The second-order valence-corrected chi connectivity index (χ2v) is 9.55. The molecule has 3 aromatic rings. The SMILES string of the molecule is CC(F)(CNC(=O)c1c(Oc2cccc(Cl)c2F)nnc2c1CCC2)c1ccc(Br)cc1Cl. The van der Waals surface area contributed by atoms with Crippen LogP contribution in [0.25, 0.3) is 0 Å². The number of aryl methyl sites for hydroxylation is 1. The smallest absolute Gasteiger partial charge is 0.257 e. The van der Waals surface area contributed by atoms with Crippen molar-refractivity contribution in [1.82, 2.24) is 15.5 Å². The fourth-order valence-corrected chi connectivity index (χ4v) is 4.74. The summed E-state index contributed by atoms with van der Waals surface area (Å²) in [7, 11) is 0. The largest absolute Gasteiger partial charge is 0.434 e. The van der Waals surface area contributed by atoms with Crippen molar-refractivity contribution in [3.63, 3.8) is 0 Å². The van der Waals surface area contributed by atoms with Gasteiger partial charge < -0.3 is 10.1 Å². The van der Waals surface area contributed by atoms with Gasteiger partial charge >= 0.3 is 0 Å². The summed E-state index contributed by atoms with van der Waals surface area (Å²) in [5, 5.41) is 10.8. The Kier molecular flexibility index (Phi) is 6.88. The zero-order valence-corrected chi connectivity index (χ0v) is 20.5. The molecular weight excluding hydrogens is 539 g/mol. The van der Waals surface area contributed by atoms with Crippen LogP contribution in [0.2, 0.25) is 10.0 Å². The number of hydrogen-bond donors (Lipinski definition) is 1. The molecule has 1 heterocycles. The first-order valence-electron chi connectivity index (χ1n) is 10.1. The maximum atomic E-state index is 15.5. The predicted molar refractivity (Wildman–Crippen MR) is 125 cm³/mol. The van der Waals surface area contributed by atoms with Crippen LogP contribution in [0.5, 0.6) is 11.6 Å². The van der Waals surface area contributed by atoms with Crippen LogP contribution in [0.3, 0.4) is 0 Å². The van der Waals surface area contributed by atoms with E-state index in [4.69, 9.17) is 27.9 Å². The van der Waals surface area contributed by atoms with Gasteiger partial charge in [-0.1, -0.05) is 51.3 Å². The normalized spacial score (nSPS) is 14.5. The first kappa shape index (κ1) is 23.9. The second-order valence-electron chi connectivity index (χ2n) is 7.82. The Labute approximate surface area is 207 Å². The summed E-state index contributed by atoms with van der Waals surface area (Å²) >= 11 is 15.3. The van der Waals surface area contributed by atoms with Crippen LogP contribution in [-0.4, -0.2) is 22.6 Å². The molecule has 172 valence electrons. The summed E-state index contributed by atoms with van der Waals surface area (Å²) in [6.07, 6.45) is 2.02. The van der Waals surface area contributed by atoms with Gasteiger partial charge in [0.15, 0.2) is 17.2 Å². The number of ether oxygens (including phenoxy) is 1. The van der Waals surface area contributed by atoms with Gasteiger partial charge in [-0.25, -0.2) is 8.78 Å². The number of carbonyl (C=O) groups excluding carboxylic acids is 1. The van der Waals surface area contributed by atoms with Crippen molar-refractivity contribution >= 4 is 45.0 Å². The third kappa shape index (κ3) is 4.98. The summed E-state index contributed by atoms with van der Waals surface area (Å²) < 4.78 is 36.2. The van der Waals surface area contributed by atoms with Crippen LogP contribution in [-0.2, 0) is 18.5 Å². The summed E-state index contributed by atoms with van der Waals surface area (Å²) in [4.78, 5) is 13.2. The standard InChI is InChI=1S/C23H18BrCl2F2N3O2/c1-23(28,14-9-8-12(24)10-16(14)26)11-29-21(32)19-13-4-2-6-17(13)30-31-22(19)33-18-7-3-5-15(25)20(18)27/h3,5,7-10H,2,4,6,11H2,1H3,(H,29,32). The Balaban J connectivity index is 1.63. The van der Waals surface area contributed by atoms with Crippen LogP contribution >= 0.6 is 39.1 Å². The van der Waals surface area contributed by atoms with Gasteiger partial charge in [0, 0.05) is 15.1 Å². The molecule has 1 aromatic heterocycles.